The number of fused-ring (bicyclic) bond motifs is 6. The van der Waals surface area contributed by atoms with E-state index in [0.717, 1.165) is 11.1 Å². The van der Waals surface area contributed by atoms with Crippen molar-refractivity contribution in [3.8, 4) is 0 Å². The van der Waals surface area contributed by atoms with Crippen LogP contribution in [0.1, 0.15) is 11.1 Å². The molecule has 0 atom stereocenters. The molecular formula is C27H18OS2. The highest BCUT2D eigenvalue weighted by Gasteiger charge is 2.11. The highest BCUT2D eigenvalue weighted by molar-refractivity contribution is 7.26. The van der Waals surface area contributed by atoms with Crippen molar-refractivity contribution in [3.05, 3.63) is 96.1 Å². The Balaban J connectivity index is 1.29. The molecule has 0 unspecified atom stereocenters. The summed E-state index contributed by atoms with van der Waals surface area (Å²) in [5.74, 6) is 0.257. The van der Waals surface area contributed by atoms with Crippen molar-refractivity contribution >= 4 is 68.8 Å². The van der Waals surface area contributed by atoms with E-state index in [1.54, 1.807) is 0 Å². The van der Waals surface area contributed by atoms with Gasteiger partial charge in [0, 0.05) is 53.2 Å². The molecule has 0 aliphatic rings. The summed E-state index contributed by atoms with van der Waals surface area (Å²) in [6, 6.07) is 29.9. The number of hydrogen-bond acceptors (Lipinski definition) is 3. The van der Waals surface area contributed by atoms with E-state index in [0.29, 0.717) is 12.8 Å². The molecule has 0 N–H and O–H groups in total. The Morgan fingerprint density at radius 3 is 1.47 bits per heavy atom. The van der Waals surface area contributed by atoms with Gasteiger partial charge in [0.1, 0.15) is 5.78 Å². The van der Waals surface area contributed by atoms with Crippen molar-refractivity contribution in [2.45, 2.75) is 12.8 Å². The van der Waals surface area contributed by atoms with Crippen LogP contribution in [0, 0.1) is 0 Å². The summed E-state index contributed by atoms with van der Waals surface area (Å²) >= 11 is 3.62. The van der Waals surface area contributed by atoms with Crippen molar-refractivity contribution < 1.29 is 4.79 Å². The molecule has 1 nitrogen and oxygen atoms in total. The molecule has 2 aromatic heterocycles. The first-order chi connectivity index (χ1) is 14.7. The van der Waals surface area contributed by atoms with Gasteiger partial charge in [-0.3, -0.25) is 4.79 Å². The van der Waals surface area contributed by atoms with Crippen LogP contribution in [0.25, 0.3) is 40.3 Å². The Labute approximate surface area is 182 Å². The van der Waals surface area contributed by atoms with Crippen LogP contribution in [0.4, 0.5) is 0 Å². The van der Waals surface area contributed by atoms with Crippen LogP contribution in [0.15, 0.2) is 84.9 Å². The molecule has 2 heterocycles. The monoisotopic (exact) mass is 422 g/mol. The summed E-state index contributed by atoms with van der Waals surface area (Å²) in [7, 11) is 0. The van der Waals surface area contributed by atoms with Crippen LogP contribution in [0.5, 0.6) is 0 Å². The number of Topliss-reactive ketones (excluding diaryl/α,β-unsaturated/α-hetero) is 1. The number of rotatable bonds is 4. The van der Waals surface area contributed by atoms with Gasteiger partial charge in [-0.05, 0) is 47.5 Å². The van der Waals surface area contributed by atoms with Crippen LogP contribution < -0.4 is 0 Å². The number of hydrogen-bond donors (Lipinski definition) is 0. The van der Waals surface area contributed by atoms with Crippen molar-refractivity contribution in [3.63, 3.8) is 0 Å². The molecule has 0 spiro atoms. The molecule has 0 fully saturated rings. The maximum Gasteiger partial charge on any atom is 0.141 e. The van der Waals surface area contributed by atoms with E-state index >= 15 is 0 Å². The van der Waals surface area contributed by atoms with Crippen molar-refractivity contribution in [2.24, 2.45) is 0 Å². The predicted molar refractivity (Wildman–Crippen MR) is 131 cm³/mol. The molecule has 0 bridgehead atoms. The van der Waals surface area contributed by atoms with E-state index in [4.69, 9.17) is 0 Å². The van der Waals surface area contributed by atoms with E-state index in [-0.39, 0.29) is 5.78 Å². The highest BCUT2D eigenvalue weighted by atomic mass is 32.1. The van der Waals surface area contributed by atoms with Gasteiger partial charge in [-0.25, -0.2) is 0 Å². The fourth-order valence-corrected chi connectivity index (χ4v) is 6.46. The van der Waals surface area contributed by atoms with E-state index in [2.05, 4.69) is 84.9 Å². The second kappa shape index (κ2) is 7.05. The van der Waals surface area contributed by atoms with Crippen molar-refractivity contribution in [1.82, 2.24) is 0 Å². The molecule has 6 rings (SSSR count). The van der Waals surface area contributed by atoms with Crippen molar-refractivity contribution in [1.29, 1.82) is 0 Å². The lowest BCUT2D eigenvalue weighted by molar-refractivity contribution is -0.117. The molecule has 0 saturated carbocycles. The van der Waals surface area contributed by atoms with Gasteiger partial charge in [0.25, 0.3) is 0 Å². The lowest BCUT2D eigenvalue weighted by Crippen LogP contribution is -2.06. The maximum absolute atomic E-state index is 12.9. The van der Waals surface area contributed by atoms with E-state index in [9.17, 15) is 4.79 Å². The molecule has 0 aliphatic heterocycles. The molecule has 0 amide bonds. The first-order valence-electron chi connectivity index (χ1n) is 10.1. The number of carbonyl (C=O) groups excluding carboxylic acids is 1. The number of thiophene rings is 2. The highest BCUT2D eigenvalue weighted by Crippen LogP contribution is 2.35. The van der Waals surface area contributed by atoms with Gasteiger partial charge in [0.15, 0.2) is 0 Å². The molecule has 0 aliphatic carbocycles. The zero-order valence-electron chi connectivity index (χ0n) is 16.2. The van der Waals surface area contributed by atoms with Crippen LogP contribution in [0.2, 0.25) is 0 Å². The molecule has 3 heteroatoms. The zero-order chi connectivity index (χ0) is 20.1. The fraction of sp³-hybridized carbons (Fsp3) is 0.0741. The number of ketones is 1. The van der Waals surface area contributed by atoms with Gasteiger partial charge in [0.05, 0.1) is 0 Å². The average molecular weight is 423 g/mol. The summed E-state index contributed by atoms with van der Waals surface area (Å²) in [6.45, 7) is 0. The quantitative estimate of drug-likeness (QED) is 0.283. The first kappa shape index (κ1) is 17.8. The third-order valence-corrected chi connectivity index (χ3v) is 7.99. The zero-order valence-corrected chi connectivity index (χ0v) is 17.9. The van der Waals surface area contributed by atoms with Gasteiger partial charge in [-0.15, -0.1) is 22.7 Å². The predicted octanol–water partition coefficient (Wildman–Crippen LogP) is 7.78. The normalized spacial score (nSPS) is 11.7. The Morgan fingerprint density at radius 1 is 0.533 bits per heavy atom. The minimum atomic E-state index is 0.257. The Hall–Kier alpha value is -3.01. The summed E-state index contributed by atoms with van der Waals surface area (Å²) in [5, 5.41) is 5.07. The Kier molecular flexibility index (Phi) is 4.19. The average Bonchev–Trinajstić information content (AvgIpc) is 3.31. The van der Waals surface area contributed by atoms with Crippen LogP contribution in [0.3, 0.4) is 0 Å². The van der Waals surface area contributed by atoms with E-state index in [1.165, 1.54) is 40.3 Å². The van der Waals surface area contributed by atoms with Gasteiger partial charge >= 0.3 is 0 Å². The van der Waals surface area contributed by atoms with Gasteiger partial charge < -0.3 is 0 Å². The SMILES string of the molecule is O=C(Cc1ccc2sc3ccccc3c2c1)Cc1ccc2sc3ccccc3c2c1. The third-order valence-electron chi connectivity index (χ3n) is 5.68. The molecule has 0 radical (unpaired) electrons. The van der Waals surface area contributed by atoms with Crippen LogP contribution in [-0.2, 0) is 17.6 Å². The molecule has 30 heavy (non-hydrogen) atoms. The van der Waals surface area contributed by atoms with Crippen LogP contribution >= 0.6 is 22.7 Å². The Bertz CT molecular complexity index is 1450. The molecule has 6 aromatic rings. The largest absolute Gasteiger partial charge is 0.299 e. The lowest BCUT2D eigenvalue weighted by atomic mass is 10.00. The van der Waals surface area contributed by atoms with Crippen LogP contribution in [-0.4, -0.2) is 5.78 Å². The smallest absolute Gasteiger partial charge is 0.141 e. The summed E-state index contributed by atoms with van der Waals surface area (Å²) in [6.07, 6.45) is 0.949. The minimum Gasteiger partial charge on any atom is -0.299 e. The first-order valence-corrected chi connectivity index (χ1v) is 11.7. The molecule has 144 valence electrons. The maximum atomic E-state index is 12.9. The van der Waals surface area contributed by atoms with Gasteiger partial charge in [-0.2, -0.15) is 0 Å². The molecule has 4 aromatic carbocycles. The van der Waals surface area contributed by atoms with Gasteiger partial charge in [-0.1, -0.05) is 48.5 Å². The standard InChI is InChI=1S/C27H18OS2/c28-19(13-17-9-11-26-22(15-17)20-5-1-3-7-24(20)29-26)14-18-10-12-27-23(16-18)21-6-2-4-8-25(21)30-27/h1-12,15-16H,13-14H2. The number of benzene rings is 4. The number of carbonyl (C=O) groups is 1. The second-order valence-electron chi connectivity index (χ2n) is 7.75. The summed E-state index contributed by atoms with van der Waals surface area (Å²) in [4.78, 5) is 12.9. The molecular weight excluding hydrogens is 404 g/mol. The topological polar surface area (TPSA) is 17.1 Å². The van der Waals surface area contributed by atoms with E-state index < -0.39 is 0 Å². The second-order valence-corrected chi connectivity index (χ2v) is 9.92. The Morgan fingerprint density at radius 2 is 0.967 bits per heavy atom. The summed E-state index contributed by atoms with van der Waals surface area (Å²) in [5.41, 5.74) is 2.19. The van der Waals surface area contributed by atoms with Crippen molar-refractivity contribution in [2.75, 3.05) is 0 Å². The molecule has 0 saturated heterocycles. The third kappa shape index (κ3) is 3.02. The summed E-state index contributed by atoms with van der Waals surface area (Å²) < 4.78 is 5.16. The fourth-order valence-electron chi connectivity index (χ4n) is 4.28. The van der Waals surface area contributed by atoms with E-state index in [1.807, 2.05) is 22.7 Å². The van der Waals surface area contributed by atoms with Gasteiger partial charge in [0.2, 0.25) is 0 Å². The minimum absolute atomic E-state index is 0.257. The lowest BCUT2D eigenvalue weighted by Gasteiger charge is -2.04.